The Morgan fingerprint density at radius 1 is 1.28 bits per heavy atom. The van der Waals surface area contributed by atoms with Gasteiger partial charge in [-0.25, -0.2) is 4.79 Å². The van der Waals surface area contributed by atoms with Crippen LogP contribution in [0.25, 0.3) is 0 Å². The maximum absolute atomic E-state index is 11.3. The van der Waals surface area contributed by atoms with Gasteiger partial charge in [0.15, 0.2) is 11.5 Å². The third-order valence-electron chi connectivity index (χ3n) is 2.26. The number of benzene rings is 1. The Hall–Kier alpha value is -2.17. The zero-order valence-electron chi connectivity index (χ0n) is 10.6. The number of esters is 1. The van der Waals surface area contributed by atoms with E-state index in [0.717, 1.165) is 0 Å². The molecule has 0 unspecified atom stereocenters. The van der Waals surface area contributed by atoms with E-state index in [0.29, 0.717) is 11.1 Å². The number of carbonyl (C=O) groups excluding carboxylic acids is 1. The van der Waals surface area contributed by atoms with Crippen molar-refractivity contribution >= 4 is 5.97 Å². The van der Waals surface area contributed by atoms with Crippen molar-refractivity contribution in [1.29, 1.82) is 0 Å². The molecular weight excluding hydrogens is 236 g/mol. The predicted molar refractivity (Wildman–Crippen MR) is 65.8 cm³/mol. The standard InChI is InChI=1S/C13H16O5/c1-8(2)13(15)18-7-9-5-10(16-3)12(14)11(6-9)17-4/h5-6,14H,1,7H2,2-4H3. The second-order valence-corrected chi connectivity index (χ2v) is 3.71. The van der Waals surface area contributed by atoms with Gasteiger partial charge in [-0.3, -0.25) is 0 Å². The molecule has 98 valence electrons. The highest BCUT2D eigenvalue weighted by Gasteiger charge is 2.12. The van der Waals surface area contributed by atoms with Crippen LogP contribution in [-0.4, -0.2) is 25.3 Å². The minimum Gasteiger partial charge on any atom is -0.502 e. The Balaban J connectivity index is 2.90. The Morgan fingerprint density at radius 2 is 1.78 bits per heavy atom. The van der Waals surface area contributed by atoms with Crippen LogP contribution >= 0.6 is 0 Å². The average Bonchev–Trinajstić information content (AvgIpc) is 2.36. The van der Waals surface area contributed by atoms with Gasteiger partial charge in [0.1, 0.15) is 6.61 Å². The molecule has 0 heterocycles. The summed E-state index contributed by atoms with van der Waals surface area (Å²) in [6.45, 7) is 5.11. The Kier molecular flexibility index (Phi) is 4.59. The molecular formula is C13H16O5. The van der Waals surface area contributed by atoms with Gasteiger partial charge in [-0.05, 0) is 24.6 Å². The number of hydrogen-bond acceptors (Lipinski definition) is 5. The lowest BCUT2D eigenvalue weighted by Crippen LogP contribution is -2.05. The van der Waals surface area contributed by atoms with Crippen molar-refractivity contribution in [3.8, 4) is 17.2 Å². The summed E-state index contributed by atoms with van der Waals surface area (Å²) in [5, 5.41) is 9.71. The number of hydrogen-bond donors (Lipinski definition) is 1. The Morgan fingerprint density at radius 3 is 2.17 bits per heavy atom. The summed E-state index contributed by atoms with van der Waals surface area (Å²) in [6, 6.07) is 3.15. The lowest BCUT2D eigenvalue weighted by Gasteiger charge is -2.11. The van der Waals surface area contributed by atoms with Crippen molar-refractivity contribution in [3.05, 3.63) is 29.8 Å². The molecule has 0 saturated heterocycles. The van der Waals surface area contributed by atoms with Crippen LogP contribution < -0.4 is 9.47 Å². The molecule has 0 aliphatic heterocycles. The average molecular weight is 252 g/mol. The van der Waals surface area contributed by atoms with Crippen LogP contribution in [0.3, 0.4) is 0 Å². The van der Waals surface area contributed by atoms with Crippen molar-refractivity contribution in [1.82, 2.24) is 0 Å². The molecule has 0 saturated carbocycles. The molecule has 0 bridgehead atoms. The van der Waals surface area contributed by atoms with Crippen LogP contribution in [-0.2, 0) is 16.1 Å². The highest BCUT2D eigenvalue weighted by molar-refractivity contribution is 5.86. The van der Waals surface area contributed by atoms with Crippen LogP contribution in [0.1, 0.15) is 12.5 Å². The SMILES string of the molecule is C=C(C)C(=O)OCc1cc(OC)c(O)c(OC)c1. The Labute approximate surface area is 106 Å². The van der Waals surface area contributed by atoms with E-state index in [-0.39, 0.29) is 23.9 Å². The molecule has 5 heteroatoms. The van der Waals surface area contributed by atoms with Crippen molar-refractivity contribution < 1.29 is 24.1 Å². The second-order valence-electron chi connectivity index (χ2n) is 3.71. The van der Waals surface area contributed by atoms with Gasteiger partial charge >= 0.3 is 5.97 Å². The van der Waals surface area contributed by atoms with E-state index >= 15 is 0 Å². The second kappa shape index (κ2) is 5.95. The Bertz CT molecular complexity index is 439. The summed E-state index contributed by atoms with van der Waals surface area (Å²) in [6.07, 6.45) is 0. The van der Waals surface area contributed by atoms with E-state index in [2.05, 4.69) is 6.58 Å². The van der Waals surface area contributed by atoms with Crippen molar-refractivity contribution in [3.63, 3.8) is 0 Å². The number of ether oxygens (including phenoxy) is 3. The lowest BCUT2D eigenvalue weighted by atomic mass is 10.2. The zero-order valence-corrected chi connectivity index (χ0v) is 10.6. The molecule has 0 amide bonds. The largest absolute Gasteiger partial charge is 0.502 e. The zero-order chi connectivity index (χ0) is 13.7. The van der Waals surface area contributed by atoms with E-state index in [4.69, 9.17) is 14.2 Å². The fourth-order valence-corrected chi connectivity index (χ4v) is 1.30. The quantitative estimate of drug-likeness (QED) is 0.641. The van der Waals surface area contributed by atoms with Crippen molar-refractivity contribution in [2.24, 2.45) is 0 Å². The van der Waals surface area contributed by atoms with Crippen molar-refractivity contribution in [2.45, 2.75) is 13.5 Å². The topological polar surface area (TPSA) is 65.0 Å². The van der Waals surface area contributed by atoms with E-state index in [1.165, 1.54) is 14.2 Å². The molecule has 1 aromatic rings. The molecule has 0 aromatic heterocycles. The third-order valence-corrected chi connectivity index (χ3v) is 2.26. The van der Waals surface area contributed by atoms with Gasteiger partial charge in [-0.1, -0.05) is 6.58 Å². The predicted octanol–water partition coefficient (Wildman–Crippen LogP) is 2.03. The highest BCUT2D eigenvalue weighted by atomic mass is 16.5. The first-order valence-electron chi connectivity index (χ1n) is 5.26. The number of rotatable bonds is 5. The summed E-state index contributed by atoms with van der Waals surface area (Å²) in [7, 11) is 2.86. The number of aromatic hydroxyl groups is 1. The van der Waals surface area contributed by atoms with Crippen LogP contribution in [0.2, 0.25) is 0 Å². The van der Waals surface area contributed by atoms with E-state index in [1.54, 1.807) is 19.1 Å². The first kappa shape index (κ1) is 13.9. The molecule has 5 nitrogen and oxygen atoms in total. The smallest absolute Gasteiger partial charge is 0.333 e. The first-order valence-corrected chi connectivity index (χ1v) is 5.26. The van der Waals surface area contributed by atoms with Gasteiger partial charge in [0.05, 0.1) is 14.2 Å². The normalized spacial score (nSPS) is 9.72. The van der Waals surface area contributed by atoms with Crippen LogP contribution in [0, 0.1) is 0 Å². The summed E-state index contributed by atoms with van der Waals surface area (Å²) >= 11 is 0. The third kappa shape index (κ3) is 3.16. The van der Waals surface area contributed by atoms with Gasteiger partial charge in [-0.15, -0.1) is 0 Å². The maximum Gasteiger partial charge on any atom is 0.333 e. The lowest BCUT2D eigenvalue weighted by molar-refractivity contribution is -0.140. The number of phenols is 1. The summed E-state index contributed by atoms with van der Waals surface area (Å²) in [5.41, 5.74) is 0.976. The molecule has 1 N–H and O–H groups in total. The number of phenolic OH excluding ortho intramolecular Hbond substituents is 1. The molecule has 0 atom stereocenters. The molecule has 1 rings (SSSR count). The summed E-state index contributed by atoms with van der Waals surface area (Å²) in [4.78, 5) is 11.3. The van der Waals surface area contributed by atoms with Gasteiger partial charge in [0.2, 0.25) is 5.75 Å². The van der Waals surface area contributed by atoms with Crippen LogP contribution in [0.5, 0.6) is 17.2 Å². The van der Waals surface area contributed by atoms with Gasteiger partial charge in [0, 0.05) is 5.57 Å². The first-order chi connectivity index (χ1) is 8.49. The summed E-state index contributed by atoms with van der Waals surface area (Å²) < 4.78 is 15.0. The van der Waals surface area contributed by atoms with Crippen LogP contribution in [0.4, 0.5) is 0 Å². The van der Waals surface area contributed by atoms with Gasteiger partial charge in [-0.2, -0.15) is 0 Å². The monoisotopic (exact) mass is 252 g/mol. The highest BCUT2D eigenvalue weighted by Crippen LogP contribution is 2.37. The maximum atomic E-state index is 11.3. The summed E-state index contributed by atoms with van der Waals surface area (Å²) in [5.74, 6) is -0.0394. The minimum absolute atomic E-state index is 0.0543. The minimum atomic E-state index is -0.471. The van der Waals surface area contributed by atoms with Crippen molar-refractivity contribution in [2.75, 3.05) is 14.2 Å². The van der Waals surface area contributed by atoms with E-state index < -0.39 is 5.97 Å². The molecule has 18 heavy (non-hydrogen) atoms. The molecule has 0 aliphatic carbocycles. The molecule has 1 aromatic carbocycles. The van der Waals surface area contributed by atoms with E-state index in [1.807, 2.05) is 0 Å². The molecule has 0 radical (unpaired) electrons. The fraction of sp³-hybridized carbons (Fsp3) is 0.308. The van der Waals surface area contributed by atoms with Gasteiger partial charge in [0.25, 0.3) is 0 Å². The molecule has 0 aliphatic rings. The molecule has 0 fully saturated rings. The molecule has 0 spiro atoms. The number of carbonyl (C=O) groups is 1. The van der Waals surface area contributed by atoms with Gasteiger partial charge < -0.3 is 19.3 Å². The fourth-order valence-electron chi connectivity index (χ4n) is 1.30. The number of methoxy groups -OCH3 is 2. The van der Waals surface area contributed by atoms with E-state index in [9.17, 15) is 9.90 Å². The van der Waals surface area contributed by atoms with Crippen LogP contribution in [0.15, 0.2) is 24.3 Å².